The maximum atomic E-state index is 12.4. The molecular weight excluding hydrogens is 368 g/mol. The summed E-state index contributed by atoms with van der Waals surface area (Å²) in [5.74, 6) is -0.0754. The van der Waals surface area contributed by atoms with Crippen molar-refractivity contribution >= 4 is 17.3 Å². The van der Waals surface area contributed by atoms with Crippen LogP contribution < -0.4 is 15.8 Å². The topological polar surface area (TPSA) is 70.5 Å². The van der Waals surface area contributed by atoms with Crippen LogP contribution in [0.1, 0.15) is 5.56 Å². The molecule has 0 unspecified atom stereocenters. The van der Waals surface area contributed by atoms with Crippen LogP contribution >= 0.6 is 0 Å². The minimum absolute atomic E-state index is 0.0754. The molecule has 0 spiro atoms. The molecule has 0 saturated carbocycles. The highest BCUT2D eigenvalue weighted by Gasteiger charge is 2.20. The molecular formula is C19H23F2N5O2. The zero-order chi connectivity index (χ0) is 20.1. The molecule has 1 aromatic heterocycles. The maximum absolute atomic E-state index is 12.4. The lowest BCUT2D eigenvalue weighted by molar-refractivity contribution is -0.117. The van der Waals surface area contributed by atoms with Gasteiger partial charge in [0.25, 0.3) is 12.0 Å². The van der Waals surface area contributed by atoms with E-state index in [1.807, 2.05) is 41.0 Å². The quantitative estimate of drug-likeness (QED) is 0.810. The van der Waals surface area contributed by atoms with Crippen LogP contribution in [-0.2, 0) is 11.3 Å². The first kappa shape index (κ1) is 19.9. The highest BCUT2D eigenvalue weighted by Crippen LogP contribution is 2.14. The maximum Gasteiger partial charge on any atom is 0.269 e. The van der Waals surface area contributed by atoms with E-state index in [1.54, 1.807) is 0 Å². The van der Waals surface area contributed by atoms with E-state index < -0.39 is 18.5 Å². The third-order valence-corrected chi connectivity index (χ3v) is 4.61. The Morgan fingerprint density at radius 2 is 1.86 bits per heavy atom. The van der Waals surface area contributed by atoms with Crippen molar-refractivity contribution in [3.63, 3.8) is 0 Å². The van der Waals surface area contributed by atoms with Crippen LogP contribution in [0.2, 0.25) is 0 Å². The molecule has 1 amide bonds. The Kier molecular flexibility index (Phi) is 6.35. The number of amides is 1. The number of benzene rings is 1. The second-order valence-corrected chi connectivity index (χ2v) is 6.80. The van der Waals surface area contributed by atoms with Gasteiger partial charge >= 0.3 is 0 Å². The molecule has 2 heterocycles. The Labute approximate surface area is 161 Å². The Hall–Kier alpha value is -2.81. The third kappa shape index (κ3) is 5.35. The molecule has 1 fully saturated rings. The first-order chi connectivity index (χ1) is 13.4. The van der Waals surface area contributed by atoms with Crippen molar-refractivity contribution < 1.29 is 13.6 Å². The summed E-state index contributed by atoms with van der Waals surface area (Å²) in [6.07, 6.45) is -1.19. The van der Waals surface area contributed by atoms with Crippen molar-refractivity contribution in [1.82, 2.24) is 14.7 Å². The molecule has 9 heteroatoms. The van der Waals surface area contributed by atoms with Crippen LogP contribution in [0.25, 0.3) is 0 Å². The van der Waals surface area contributed by atoms with Gasteiger partial charge in [0.05, 0.1) is 18.4 Å². The number of nitrogens with one attached hydrogen (secondary N) is 1. The van der Waals surface area contributed by atoms with E-state index >= 15 is 0 Å². The molecule has 2 aromatic rings. The van der Waals surface area contributed by atoms with Gasteiger partial charge in [-0.25, -0.2) is 13.5 Å². The van der Waals surface area contributed by atoms with Gasteiger partial charge in [-0.1, -0.05) is 17.7 Å². The largest absolute Gasteiger partial charge is 0.368 e. The average Bonchev–Trinajstić information content (AvgIpc) is 2.65. The number of hydrogen-bond donors (Lipinski definition) is 1. The standard InChI is InChI=1S/C19H23F2N5O2/c1-14-2-4-15(5-3-14)23-18(27)13-24-6-8-25(9-7-24)16-10-19(28)26(22-11-16)12-17(20)21/h2-5,10-11,17H,6-9,12-13H2,1H3,(H,23,27). The van der Waals surface area contributed by atoms with Gasteiger partial charge in [-0.15, -0.1) is 0 Å². The Morgan fingerprint density at radius 1 is 1.18 bits per heavy atom. The van der Waals surface area contributed by atoms with E-state index in [-0.39, 0.29) is 12.5 Å². The summed E-state index contributed by atoms with van der Waals surface area (Å²) in [5.41, 5.74) is 1.96. The molecule has 1 aliphatic heterocycles. The monoisotopic (exact) mass is 391 g/mol. The summed E-state index contributed by atoms with van der Waals surface area (Å²) in [4.78, 5) is 28.1. The van der Waals surface area contributed by atoms with E-state index in [4.69, 9.17) is 0 Å². The lowest BCUT2D eigenvalue weighted by atomic mass is 10.2. The number of nitrogens with zero attached hydrogens (tertiary/aromatic N) is 4. The number of alkyl halides is 2. The van der Waals surface area contributed by atoms with Crippen LogP contribution in [0, 0.1) is 6.92 Å². The number of aryl methyl sites for hydroxylation is 1. The summed E-state index contributed by atoms with van der Waals surface area (Å²) in [7, 11) is 0. The number of halogens is 2. The molecule has 150 valence electrons. The summed E-state index contributed by atoms with van der Waals surface area (Å²) in [6, 6.07) is 8.95. The highest BCUT2D eigenvalue weighted by molar-refractivity contribution is 5.92. The molecule has 28 heavy (non-hydrogen) atoms. The van der Waals surface area contributed by atoms with E-state index in [1.165, 1.54) is 12.3 Å². The summed E-state index contributed by atoms with van der Waals surface area (Å²) < 4.78 is 25.6. The Bertz CT molecular complexity index is 861. The minimum Gasteiger partial charge on any atom is -0.368 e. The Morgan fingerprint density at radius 3 is 2.46 bits per heavy atom. The number of carbonyl (C=O) groups is 1. The lowest BCUT2D eigenvalue weighted by Crippen LogP contribution is -2.49. The van der Waals surface area contributed by atoms with Gasteiger partial charge in [0.15, 0.2) is 0 Å². The Balaban J connectivity index is 1.50. The third-order valence-electron chi connectivity index (χ3n) is 4.61. The number of piperazine rings is 1. The lowest BCUT2D eigenvalue weighted by Gasteiger charge is -2.35. The minimum atomic E-state index is -2.62. The fourth-order valence-corrected chi connectivity index (χ4v) is 3.07. The van der Waals surface area contributed by atoms with Gasteiger partial charge in [-0.3, -0.25) is 14.5 Å². The summed E-state index contributed by atoms with van der Waals surface area (Å²) in [6.45, 7) is 4.12. The van der Waals surface area contributed by atoms with Crippen molar-refractivity contribution in [2.24, 2.45) is 0 Å². The van der Waals surface area contributed by atoms with E-state index in [9.17, 15) is 18.4 Å². The fourth-order valence-electron chi connectivity index (χ4n) is 3.07. The number of aromatic nitrogens is 2. The van der Waals surface area contributed by atoms with Gasteiger partial charge in [0, 0.05) is 37.9 Å². The van der Waals surface area contributed by atoms with Crippen molar-refractivity contribution in [2.75, 3.05) is 42.9 Å². The number of anilines is 2. The first-order valence-corrected chi connectivity index (χ1v) is 9.10. The van der Waals surface area contributed by atoms with Crippen LogP contribution in [0.5, 0.6) is 0 Å². The molecule has 1 aliphatic rings. The van der Waals surface area contributed by atoms with Gasteiger partial charge in [-0.05, 0) is 19.1 Å². The van der Waals surface area contributed by atoms with Gasteiger partial charge in [0.2, 0.25) is 5.91 Å². The van der Waals surface area contributed by atoms with Crippen LogP contribution in [0.4, 0.5) is 20.2 Å². The molecule has 7 nitrogen and oxygen atoms in total. The van der Waals surface area contributed by atoms with E-state index in [0.29, 0.717) is 31.9 Å². The predicted octanol–water partition coefficient (Wildman–Crippen LogP) is 1.58. The molecule has 1 saturated heterocycles. The predicted molar refractivity (Wildman–Crippen MR) is 103 cm³/mol. The molecule has 0 radical (unpaired) electrons. The van der Waals surface area contributed by atoms with Crippen LogP contribution in [0.3, 0.4) is 0 Å². The molecule has 1 N–H and O–H groups in total. The molecule has 0 atom stereocenters. The molecule has 0 aliphatic carbocycles. The van der Waals surface area contributed by atoms with Crippen LogP contribution in [0.15, 0.2) is 41.3 Å². The van der Waals surface area contributed by atoms with Gasteiger partial charge < -0.3 is 10.2 Å². The smallest absolute Gasteiger partial charge is 0.269 e. The SMILES string of the molecule is Cc1ccc(NC(=O)CN2CCN(c3cnn(CC(F)F)c(=O)c3)CC2)cc1. The number of rotatable bonds is 6. The zero-order valence-corrected chi connectivity index (χ0v) is 15.6. The van der Waals surface area contributed by atoms with Crippen molar-refractivity contribution in [3.8, 4) is 0 Å². The second kappa shape index (κ2) is 8.92. The number of carbonyl (C=O) groups excluding carboxylic acids is 1. The van der Waals surface area contributed by atoms with Crippen molar-refractivity contribution in [2.45, 2.75) is 19.9 Å². The normalized spacial score (nSPS) is 15.1. The van der Waals surface area contributed by atoms with Crippen LogP contribution in [-0.4, -0.2) is 59.7 Å². The molecule has 1 aromatic carbocycles. The zero-order valence-electron chi connectivity index (χ0n) is 15.6. The first-order valence-electron chi connectivity index (χ1n) is 9.10. The average molecular weight is 391 g/mol. The summed E-state index contributed by atoms with van der Waals surface area (Å²) >= 11 is 0. The van der Waals surface area contributed by atoms with E-state index in [2.05, 4.69) is 10.4 Å². The van der Waals surface area contributed by atoms with Crippen molar-refractivity contribution in [1.29, 1.82) is 0 Å². The van der Waals surface area contributed by atoms with Gasteiger partial charge in [0.1, 0.15) is 6.54 Å². The molecule has 0 bridgehead atoms. The summed E-state index contributed by atoms with van der Waals surface area (Å²) in [5, 5.41) is 6.70. The second-order valence-electron chi connectivity index (χ2n) is 6.80. The van der Waals surface area contributed by atoms with Gasteiger partial charge in [-0.2, -0.15) is 5.10 Å². The van der Waals surface area contributed by atoms with E-state index in [0.717, 1.165) is 15.9 Å². The highest BCUT2D eigenvalue weighted by atomic mass is 19.3. The fraction of sp³-hybridized carbons (Fsp3) is 0.421. The van der Waals surface area contributed by atoms with Crippen molar-refractivity contribution in [3.05, 3.63) is 52.4 Å². The molecule has 3 rings (SSSR count). The number of hydrogen-bond acceptors (Lipinski definition) is 5.